The first-order chi connectivity index (χ1) is 9.84. The second-order valence-electron chi connectivity index (χ2n) is 4.68. The Bertz CT molecular complexity index is 710. The third-order valence-corrected chi connectivity index (χ3v) is 3.27. The van der Waals surface area contributed by atoms with Crippen LogP contribution in [0.5, 0.6) is 0 Å². The first-order valence-corrected chi connectivity index (χ1v) is 6.70. The lowest BCUT2D eigenvalue weighted by atomic mass is 10.1. The summed E-state index contributed by atoms with van der Waals surface area (Å²) in [6.07, 6.45) is 2.68. The Morgan fingerprint density at radius 3 is 2.55 bits per heavy atom. The molecular formula is C16H16N4. The van der Waals surface area contributed by atoms with Gasteiger partial charge in [-0.2, -0.15) is 5.10 Å². The summed E-state index contributed by atoms with van der Waals surface area (Å²) in [6.45, 7) is 2.77. The Morgan fingerprint density at radius 2 is 1.75 bits per heavy atom. The maximum absolute atomic E-state index is 4.31. The predicted octanol–water partition coefficient (Wildman–Crippen LogP) is 2.99. The molecule has 0 atom stereocenters. The highest BCUT2D eigenvalue weighted by Crippen LogP contribution is 2.21. The molecule has 1 aromatic carbocycles. The molecule has 0 unspecified atom stereocenters. The lowest BCUT2D eigenvalue weighted by Crippen LogP contribution is -2.08. The molecule has 4 heteroatoms. The van der Waals surface area contributed by atoms with Gasteiger partial charge in [-0.25, -0.2) is 0 Å². The van der Waals surface area contributed by atoms with Crippen LogP contribution in [0.15, 0.2) is 48.7 Å². The number of aryl methyl sites for hydroxylation is 1. The van der Waals surface area contributed by atoms with Gasteiger partial charge in [0, 0.05) is 35.6 Å². The molecule has 0 amide bonds. The van der Waals surface area contributed by atoms with Crippen LogP contribution < -0.4 is 5.32 Å². The number of fused-ring (bicyclic) bond motifs is 1. The fourth-order valence-corrected chi connectivity index (χ4v) is 2.22. The second kappa shape index (κ2) is 5.65. The van der Waals surface area contributed by atoms with Gasteiger partial charge < -0.3 is 5.32 Å². The molecule has 2 heterocycles. The average molecular weight is 264 g/mol. The van der Waals surface area contributed by atoms with Crippen LogP contribution in [0, 0.1) is 6.92 Å². The van der Waals surface area contributed by atoms with Crippen molar-refractivity contribution in [2.24, 2.45) is 0 Å². The first kappa shape index (κ1) is 12.5. The summed E-state index contributed by atoms with van der Waals surface area (Å²) < 4.78 is 0. The Kier molecular flexibility index (Phi) is 3.54. The number of aromatic nitrogens is 3. The number of anilines is 1. The van der Waals surface area contributed by atoms with E-state index in [-0.39, 0.29) is 0 Å². The first-order valence-electron chi connectivity index (χ1n) is 6.70. The second-order valence-corrected chi connectivity index (χ2v) is 4.68. The molecule has 0 bridgehead atoms. The molecular weight excluding hydrogens is 248 g/mol. The summed E-state index contributed by atoms with van der Waals surface area (Å²) in [6, 6.07) is 14.1. The predicted molar refractivity (Wildman–Crippen MR) is 80.7 cm³/mol. The van der Waals surface area contributed by atoms with Crippen molar-refractivity contribution in [1.82, 2.24) is 15.2 Å². The molecule has 3 rings (SSSR count). The molecule has 0 saturated heterocycles. The highest BCUT2D eigenvalue weighted by Gasteiger charge is 2.05. The minimum atomic E-state index is 0.790. The summed E-state index contributed by atoms with van der Waals surface area (Å²) in [5.41, 5.74) is 2.03. The van der Waals surface area contributed by atoms with E-state index < -0.39 is 0 Å². The van der Waals surface area contributed by atoms with Crippen LogP contribution >= 0.6 is 0 Å². The molecule has 0 saturated carbocycles. The van der Waals surface area contributed by atoms with Gasteiger partial charge in [0.05, 0.1) is 5.69 Å². The maximum Gasteiger partial charge on any atom is 0.156 e. The highest BCUT2D eigenvalue weighted by molar-refractivity contribution is 5.92. The zero-order chi connectivity index (χ0) is 13.8. The number of hydrogen-bond acceptors (Lipinski definition) is 4. The van der Waals surface area contributed by atoms with Crippen molar-refractivity contribution < 1.29 is 0 Å². The summed E-state index contributed by atoms with van der Waals surface area (Å²) in [4.78, 5) is 4.31. The van der Waals surface area contributed by atoms with Crippen molar-refractivity contribution >= 4 is 16.6 Å². The normalized spacial score (nSPS) is 10.7. The van der Waals surface area contributed by atoms with Gasteiger partial charge in [0.1, 0.15) is 0 Å². The third-order valence-electron chi connectivity index (χ3n) is 3.27. The van der Waals surface area contributed by atoms with E-state index in [0.717, 1.165) is 40.9 Å². The van der Waals surface area contributed by atoms with Crippen molar-refractivity contribution in [3.63, 3.8) is 0 Å². The van der Waals surface area contributed by atoms with Gasteiger partial charge in [-0.15, -0.1) is 5.10 Å². The molecule has 4 nitrogen and oxygen atoms in total. The van der Waals surface area contributed by atoms with Crippen molar-refractivity contribution in [3.05, 3.63) is 60.0 Å². The topological polar surface area (TPSA) is 50.7 Å². The molecule has 0 fully saturated rings. The van der Waals surface area contributed by atoms with Gasteiger partial charge >= 0.3 is 0 Å². The van der Waals surface area contributed by atoms with Crippen molar-refractivity contribution in [2.75, 3.05) is 11.9 Å². The molecule has 100 valence electrons. The largest absolute Gasteiger partial charge is 0.368 e. The van der Waals surface area contributed by atoms with Crippen LogP contribution in [0.1, 0.15) is 11.4 Å². The van der Waals surface area contributed by atoms with Crippen LogP contribution in [0.2, 0.25) is 0 Å². The van der Waals surface area contributed by atoms with E-state index in [0.29, 0.717) is 0 Å². The lowest BCUT2D eigenvalue weighted by Gasteiger charge is -2.09. The molecule has 0 radical (unpaired) electrons. The zero-order valence-corrected chi connectivity index (χ0v) is 11.4. The quantitative estimate of drug-likeness (QED) is 0.787. The summed E-state index contributed by atoms with van der Waals surface area (Å²) in [5.74, 6) is 0.835. The van der Waals surface area contributed by atoms with Gasteiger partial charge in [0.2, 0.25) is 0 Å². The SMILES string of the molecule is Cc1nnc(NCCc2ccccn2)c2ccccc12. The highest BCUT2D eigenvalue weighted by atomic mass is 15.2. The maximum atomic E-state index is 4.31. The van der Waals surface area contributed by atoms with Crippen LogP contribution in [0.4, 0.5) is 5.82 Å². The molecule has 0 aliphatic rings. The molecule has 0 spiro atoms. The molecule has 0 aliphatic carbocycles. The molecule has 0 aliphatic heterocycles. The van der Waals surface area contributed by atoms with Crippen LogP contribution in [0.25, 0.3) is 10.8 Å². The van der Waals surface area contributed by atoms with Crippen LogP contribution in [0.3, 0.4) is 0 Å². The number of pyridine rings is 1. The Hall–Kier alpha value is -2.49. The summed E-state index contributed by atoms with van der Waals surface area (Å²) in [5, 5.41) is 14.1. The van der Waals surface area contributed by atoms with E-state index in [1.54, 1.807) is 0 Å². The smallest absolute Gasteiger partial charge is 0.156 e. The fraction of sp³-hybridized carbons (Fsp3) is 0.188. The molecule has 20 heavy (non-hydrogen) atoms. The van der Waals surface area contributed by atoms with E-state index in [4.69, 9.17) is 0 Å². The van der Waals surface area contributed by atoms with Crippen LogP contribution in [-0.4, -0.2) is 21.7 Å². The van der Waals surface area contributed by atoms with Crippen molar-refractivity contribution in [3.8, 4) is 0 Å². The molecule has 3 aromatic rings. The number of rotatable bonds is 4. The zero-order valence-electron chi connectivity index (χ0n) is 11.4. The number of benzene rings is 1. The van der Waals surface area contributed by atoms with Crippen molar-refractivity contribution in [1.29, 1.82) is 0 Å². The lowest BCUT2D eigenvalue weighted by molar-refractivity contribution is 0.933. The minimum absolute atomic E-state index is 0.790. The average Bonchev–Trinajstić information content (AvgIpc) is 2.51. The minimum Gasteiger partial charge on any atom is -0.368 e. The van der Waals surface area contributed by atoms with E-state index in [1.807, 2.05) is 43.5 Å². The number of nitrogens with one attached hydrogen (secondary N) is 1. The van der Waals surface area contributed by atoms with E-state index in [9.17, 15) is 0 Å². The third kappa shape index (κ3) is 2.59. The van der Waals surface area contributed by atoms with Gasteiger partial charge in [-0.05, 0) is 19.1 Å². The Balaban J connectivity index is 1.77. The standard InChI is InChI=1S/C16H16N4/c1-12-14-7-2-3-8-15(14)16(20-19-12)18-11-9-13-6-4-5-10-17-13/h2-8,10H,9,11H2,1H3,(H,18,20). The van der Waals surface area contributed by atoms with E-state index in [2.05, 4.69) is 32.6 Å². The monoisotopic (exact) mass is 264 g/mol. The van der Waals surface area contributed by atoms with Gasteiger partial charge in [0.15, 0.2) is 5.82 Å². The van der Waals surface area contributed by atoms with E-state index in [1.165, 1.54) is 0 Å². The van der Waals surface area contributed by atoms with Gasteiger partial charge in [-0.3, -0.25) is 4.98 Å². The molecule has 1 N–H and O–H groups in total. The van der Waals surface area contributed by atoms with E-state index >= 15 is 0 Å². The Morgan fingerprint density at radius 1 is 0.950 bits per heavy atom. The number of nitrogens with zero attached hydrogens (tertiary/aromatic N) is 3. The van der Waals surface area contributed by atoms with Crippen molar-refractivity contribution in [2.45, 2.75) is 13.3 Å². The van der Waals surface area contributed by atoms with Gasteiger partial charge in [0.25, 0.3) is 0 Å². The van der Waals surface area contributed by atoms with Gasteiger partial charge in [-0.1, -0.05) is 30.3 Å². The Labute approximate surface area is 117 Å². The molecule has 2 aromatic heterocycles. The van der Waals surface area contributed by atoms with Crippen LogP contribution in [-0.2, 0) is 6.42 Å². The fourth-order valence-electron chi connectivity index (χ4n) is 2.22. The number of hydrogen-bond donors (Lipinski definition) is 1. The summed E-state index contributed by atoms with van der Waals surface area (Å²) in [7, 11) is 0. The summed E-state index contributed by atoms with van der Waals surface area (Å²) >= 11 is 0.